The van der Waals surface area contributed by atoms with Crippen molar-refractivity contribution in [1.29, 1.82) is 0 Å². The third-order valence-corrected chi connectivity index (χ3v) is 5.23. The minimum Gasteiger partial charge on any atom is -0.481 e. The summed E-state index contributed by atoms with van der Waals surface area (Å²) in [6.45, 7) is 6.17. The van der Waals surface area contributed by atoms with E-state index in [1.807, 2.05) is 0 Å². The van der Waals surface area contributed by atoms with Gasteiger partial charge in [0.05, 0.1) is 15.6 Å². The Balaban J connectivity index is 3.56. The van der Waals surface area contributed by atoms with Crippen molar-refractivity contribution in [2.24, 2.45) is 0 Å². The molecule has 4 nitrogen and oxygen atoms in total. The fourth-order valence-corrected chi connectivity index (χ4v) is 3.01. The molecule has 0 saturated heterocycles. The molecule has 0 aliphatic rings. The van der Waals surface area contributed by atoms with Crippen LogP contribution in [0.25, 0.3) is 0 Å². The molecule has 0 spiro atoms. The Labute approximate surface area is 108 Å². The third-order valence-electron chi connectivity index (χ3n) is 3.02. The second kappa shape index (κ2) is 4.72. The van der Waals surface area contributed by atoms with Gasteiger partial charge in [0.2, 0.25) is 0 Å². The lowest BCUT2D eigenvalue weighted by Crippen LogP contribution is -2.31. The maximum Gasteiger partial charge on any atom is 0.313 e. The summed E-state index contributed by atoms with van der Waals surface area (Å²) in [6, 6.07) is 6.29. The minimum atomic E-state index is -3.49. The third kappa shape index (κ3) is 2.41. The largest absolute Gasteiger partial charge is 0.481 e. The van der Waals surface area contributed by atoms with Gasteiger partial charge in [-0.05, 0) is 39.3 Å². The van der Waals surface area contributed by atoms with Crippen LogP contribution in [0.3, 0.4) is 0 Å². The number of sulfone groups is 1. The van der Waals surface area contributed by atoms with E-state index in [-0.39, 0.29) is 4.90 Å². The van der Waals surface area contributed by atoms with E-state index in [1.54, 1.807) is 32.0 Å². The molecule has 0 aliphatic heterocycles. The summed E-state index contributed by atoms with van der Waals surface area (Å²) in [7, 11) is -3.49. The summed E-state index contributed by atoms with van der Waals surface area (Å²) in [5, 5.41) is 8.65. The Morgan fingerprint density at radius 1 is 1.22 bits per heavy atom. The fraction of sp³-hybridized carbons (Fsp3) is 0.462. The quantitative estimate of drug-likeness (QED) is 0.910. The second-order valence-electron chi connectivity index (χ2n) is 5.02. The summed E-state index contributed by atoms with van der Waals surface area (Å²) in [6.07, 6.45) is 0. The van der Waals surface area contributed by atoms with Crippen LogP contribution in [0.1, 0.15) is 33.3 Å². The van der Waals surface area contributed by atoms with Gasteiger partial charge < -0.3 is 5.11 Å². The molecule has 0 saturated carbocycles. The highest BCUT2D eigenvalue weighted by atomic mass is 32.2. The van der Waals surface area contributed by atoms with Crippen molar-refractivity contribution < 1.29 is 18.3 Å². The number of hydrogen-bond donors (Lipinski definition) is 1. The van der Waals surface area contributed by atoms with Gasteiger partial charge in [-0.1, -0.05) is 18.2 Å². The first kappa shape index (κ1) is 14.7. The van der Waals surface area contributed by atoms with E-state index in [1.165, 1.54) is 19.9 Å². The smallest absolute Gasteiger partial charge is 0.313 e. The number of rotatable bonds is 4. The maximum absolute atomic E-state index is 12.2. The molecule has 18 heavy (non-hydrogen) atoms. The van der Waals surface area contributed by atoms with Crippen molar-refractivity contribution in [2.45, 2.75) is 43.3 Å². The standard InChI is InChI=1S/C13H18O4S/c1-9(2)18(16,17)11-8-6-5-7-10(11)13(3,4)12(14)15/h5-9H,1-4H3,(H,14,15). The Bertz CT molecular complexity index is 556. The Morgan fingerprint density at radius 2 is 1.72 bits per heavy atom. The molecule has 0 aromatic heterocycles. The zero-order valence-corrected chi connectivity index (χ0v) is 11.8. The minimum absolute atomic E-state index is 0.104. The second-order valence-corrected chi connectivity index (χ2v) is 7.49. The van der Waals surface area contributed by atoms with E-state index >= 15 is 0 Å². The van der Waals surface area contributed by atoms with Crippen molar-refractivity contribution in [3.8, 4) is 0 Å². The lowest BCUT2D eigenvalue weighted by Gasteiger charge is -2.23. The molecule has 0 fully saturated rings. The molecule has 0 heterocycles. The lowest BCUT2D eigenvalue weighted by atomic mass is 9.85. The monoisotopic (exact) mass is 270 g/mol. The van der Waals surface area contributed by atoms with Crippen LogP contribution >= 0.6 is 0 Å². The fourth-order valence-electron chi connectivity index (χ4n) is 1.60. The SMILES string of the molecule is CC(C)S(=O)(=O)c1ccccc1C(C)(C)C(=O)O. The highest BCUT2D eigenvalue weighted by Crippen LogP contribution is 2.31. The Morgan fingerprint density at radius 3 is 2.17 bits per heavy atom. The lowest BCUT2D eigenvalue weighted by molar-refractivity contribution is -0.142. The van der Waals surface area contributed by atoms with Crippen LogP contribution in [0.2, 0.25) is 0 Å². The van der Waals surface area contributed by atoms with E-state index in [4.69, 9.17) is 0 Å². The van der Waals surface area contributed by atoms with Crippen molar-refractivity contribution >= 4 is 15.8 Å². The van der Waals surface area contributed by atoms with Gasteiger partial charge in [-0.3, -0.25) is 4.79 Å². The average Bonchev–Trinajstić information content (AvgIpc) is 2.28. The predicted octanol–water partition coefficient (Wildman–Crippen LogP) is 2.23. The predicted molar refractivity (Wildman–Crippen MR) is 69.4 cm³/mol. The molecule has 1 N–H and O–H groups in total. The van der Waals surface area contributed by atoms with Crippen LogP contribution in [0.4, 0.5) is 0 Å². The first-order valence-electron chi connectivity index (χ1n) is 5.68. The molecule has 0 unspecified atom stereocenters. The Kier molecular flexibility index (Phi) is 3.86. The van der Waals surface area contributed by atoms with Crippen molar-refractivity contribution in [1.82, 2.24) is 0 Å². The molecule has 0 radical (unpaired) electrons. The highest BCUT2D eigenvalue weighted by molar-refractivity contribution is 7.92. The normalized spacial score (nSPS) is 12.7. The van der Waals surface area contributed by atoms with Crippen LogP contribution in [0, 0.1) is 0 Å². The number of carboxylic acids is 1. The van der Waals surface area contributed by atoms with E-state index < -0.39 is 26.5 Å². The summed E-state index contributed by atoms with van der Waals surface area (Å²) in [4.78, 5) is 11.4. The molecular formula is C13H18O4S. The molecule has 1 aromatic carbocycles. The van der Waals surface area contributed by atoms with Gasteiger partial charge in [-0.2, -0.15) is 0 Å². The van der Waals surface area contributed by atoms with E-state index in [2.05, 4.69) is 0 Å². The number of aliphatic carboxylic acids is 1. The summed E-state index contributed by atoms with van der Waals surface area (Å²) in [5.74, 6) is -1.05. The van der Waals surface area contributed by atoms with E-state index in [0.29, 0.717) is 5.56 Å². The van der Waals surface area contributed by atoms with E-state index in [9.17, 15) is 18.3 Å². The van der Waals surface area contributed by atoms with Crippen LogP contribution in [-0.4, -0.2) is 24.7 Å². The van der Waals surface area contributed by atoms with Crippen LogP contribution in [0.15, 0.2) is 29.2 Å². The topological polar surface area (TPSA) is 71.4 Å². The first-order valence-corrected chi connectivity index (χ1v) is 7.23. The van der Waals surface area contributed by atoms with E-state index in [0.717, 1.165) is 0 Å². The highest BCUT2D eigenvalue weighted by Gasteiger charge is 2.35. The molecule has 0 amide bonds. The molecule has 5 heteroatoms. The first-order chi connectivity index (χ1) is 8.11. The van der Waals surface area contributed by atoms with Gasteiger partial charge in [0, 0.05) is 0 Å². The molecule has 0 bridgehead atoms. The summed E-state index contributed by atoms with van der Waals surface area (Å²) < 4.78 is 24.5. The molecule has 0 atom stereocenters. The molecule has 1 rings (SSSR count). The van der Waals surface area contributed by atoms with Gasteiger partial charge in [-0.15, -0.1) is 0 Å². The number of benzene rings is 1. The number of hydrogen-bond acceptors (Lipinski definition) is 3. The molecule has 100 valence electrons. The summed E-state index contributed by atoms with van der Waals surface area (Å²) >= 11 is 0. The van der Waals surface area contributed by atoms with Crippen molar-refractivity contribution in [3.63, 3.8) is 0 Å². The molecule has 0 aliphatic carbocycles. The zero-order valence-electron chi connectivity index (χ0n) is 11.0. The van der Waals surface area contributed by atoms with Crippen LogP contribution < -0.4 is 0 Å². The molecule has 1 aromatic rings. The van der Waals surface area contributed by atoms with Gasteiger partial charge in [0.25, 0.3) is 0 Å². The zero-order chi connectivity index (χ0) is 14.1. The van der Waals surface area contributed by atoms with Gasteiger partial charge in [-0.25, -0.2) is 8.42 Å². The Hall–Kier alpha value is -1.36. The van der Waals surface area contributed by atoms with Crippen molar-refractivity contribution in [3.05, 3.63) is 29.8 Å². The molecular weight excluding hydrogens is 252 g/mol. The van der Waals surface area contributed by atoms with Gasteiger partial charge in [0.1, 0.15) is 0 Å². The van der Waals surface area contributed by atoms with Gasteiger partial charge >= 0.3 is 5.97 Å². The van der Waals surface area contributed by atoms with Gasteiger partial charge in [0.15, 0.2) is 9.84 Å². The summed E-state index contributed by atoms with van der Waals surface area (Å²) in [5.41, 5.74) is -0.912. The van der Waals surface area contributed by atoms with Crippen LogP contribution in [0.5, 0.6) is 0 Å². The average molecular weight is 270 g/mol. The van der Waals surface area contributed by atoms with Crippen LogP contribution in [-0.2, 0) is 20.0 Å². The number of carboxylic acid groups (broad SMARTS) is 1. The van der Waals surface area contributed by atoms with Crippen molar-refractivity contribution in [2.75, 3.05) is 0 Å². The number of carbonyl (C=O) groups is 1. The maximum atomic E-state index is 12.2.